The average molecular weight is 507 g/mol. The number of pyridine rings is 2. The number of carboxylic acids is 1. The van der Waals surface area contributed by atoms with Crippen LogP contribution in [0.5, 0.6) is 0 Å². The van der Waals surface area contributed by atoms with Crippen LogP contribution in [0.2, 0.25) is 0 Å². The molecular weight excluding hydrogens is 468 g/mol. The Labute approximate surface area is 219 Å². The molecule has 9 heteroatoms. The maximum absolute atomic E-state index is 10.9. The van der Waals surface area contributed by atoms with Crippen LogP contribution in [-0.2, 0) is 9.53 Å². The van der Waals surface area contributed by atoms with Crippen molar-refractivity contribution in [3.05, 3.63) is 36.0 Å². The van der Waals surface area contributed by atoms with E-state index in [0.717, 1.165) is 67.0 Å². The second-order valence-corrected chi connectivity index (χ2v) is 10.5. The van der Waals surface area contributed by atoms with Gasteiger partial charge in [-0.15, -0.1) is 0 Å². The largest absolute Gasteiger partial charge is 0.481 e. The van der Waals surface area contributed by atoms with Crippen LogP contribution in [0.1, 0.15) is 57.4 Å². The van der Waals surface area contributed by atoms with E-state index in [1.165, 1.54) is 0 Å². The maximum Gasteiger partial charge on any atom is 0.304 e. The first kappa shape index (κ1) is 26.8. The van der Waals surface area contributed by atoms with Crippen molar-refractivity contribution < 1.29 is 14.6 Å². The van der Waals surface area contributed by atoms with Gasteiger partial charge < -0.3 is 25.8 Å². The number of anilines is 2. The molecule has 0 radical (unpaired) electrons. The lowest BCUT2D eigenvalue weighted by Gasteiger charge is -2.31. The van der Waals surface area contributed by atoms with Crippen molar-refractivity contribution in [2.45, 2.75) is 76.9 Å². The number of carbonyl (C=O) groups is 1. The molecule has 4 N–H and O–H groups in total. The molecular formula is C28H38N6O3. The van der Waals surface area contributed by atoms with Crippen LogP contribution in [0.25, 0.3) is 11.3 Å². The zero-order valence-electron chi connectivity index (χ0n) is 21.8. The molecule has 0 aromatic carbocycles. The van der Waals surface area contributed by atoms with Crippen molar-refractivity contribution in [1.29, 1.82) is 5.26 Å². The first-order valence-corrected chi connectivity index (χ1v) is 13.3. The predicted octanol–water partition coefficient (Wildman–Crippen LogP) is 4.36. The summed E-state index contributed by atoms with van der Waals surface area (Å²) in [5, 5.41) is 29.1. The highest BCUT2D eigenvalue weighted by atomic mass is 16.5. The Kier molecular flexibility index (Phi) is 8.95. The molecule has 4 rings (SSSR count). The zero-order chi connectivity index (χ0) is 26.3. The van der Waals surface area contributed by atoms with Crippen LogP contribution in [0, 0.1) is 23.7 Å². The second-order valence-electron chi connectivity index (χ2n) is 10.5. The number of ether oxygens (including phenoxy) is 1. The number of aryl methyl sites for hydroxylation is 1. The summed E-state index contributed by atoms with van der Waals surface area (Å²) in [5.41, 5.74) is 2.53. The quantitative estimate of drug-likeness (QED) is 0.371. The fourth-order valence-corrected chi connectivity index (χ4v) is 5.25. The number of aromatic nitrogens is 2. The molecule has 2 fully saturated rings. The lowest BCUT2D eigenvalue weighted by molar-refractivity contribution is -0.137. The van der Waals surface area contributed by atoms with Crippen LogP contribution >= 0.6 is 0 Å². The molecule has 1 saturated heterocycles. The Morgan fingerprint density at radius 2 is 1.95 bits per heavy atom. The predicted molar refractivity (Wildman–Crippen MR) is 143 cm³/mol. The minimum absolute atomic E-state index is 0.0202. The van der Waals surface area contributed by atoms with E-state index < -0.39 is 11.4 Å². The lowest BCUT2D eigenvalue weighted by Crippen LogP contribution is -2.42. The molecule has 198 valence electrons. The molecule has 1 aliphatic heterocycles. The van der Waals surface area contributed by atoms with E-state index in [9.17, 15) is 10.1 Å². The number of nitriles is 1. The minimum Gasteiger partial charge on any atom is -0.481 e. The van der Waals surface area contributed by atoms with Gasteiger partial charge in [0.2, 0.25) is 0 Å². The Balaban J connectivity index is 1.36. The van der Waals surface area contributed by atoms with Crippen LogP contribution in [0.3, 0.4) is 0 Å². The molecule has 0 unspecified atom stereocenters. The lowest BCUT2D eigenvalue weighted by atomic mass is 9.82. The van der Waals surface area contributed by atoms with Crippen molar-refractivity contribution in [1.82, 2.24) is 15.3 Å². The van der Waals surface area contributed by atoms with Gasteiger partial charge in [-0.1, -0.05) is 6.07 Å². The molecule has 2 aliphatic rings. The standard InChI is InChI=1S/C28H38N6O3/c1-19-16-30-26(33-22-8-6-21(7-9-22)32-20(2)14-27(35)36)15-23(19)24-4-3-5-25(34-24)31-18-28(17-29)10-12-37-13-11-28/h3-5,15-16,20-22,32H,6-14,18H2,1-2H3,(H,30,33)(H,31,34)(H,35,36)/t20-,21-,22-/m1/s1. The third kappa shape index (κ3) is 7.40. The van der Waals surface area contributed by atoms with E-state index in [1.807, 2.05) is 38.2 Å². The molecule has 37 heavy (non-hydrogen) atoms. The number of carboxylic acid groups (broad SMARTS) is 1. The first-order valence-electron chi connectivity index (χ1n) is 13.3. The molecule has 3 heterocycles. The summed E-state index contributed by atoms with van der Waals surface area (Å²) in [4.78, 5) is 20.4. The van der Waals surface area contributed by atoms with Gasteiger partial charge in [0.05, 0.1) is 23.6 Å². The van der Waals surface area contributed by atoms with Gasteiger partial charge >= 0.3 is 5.97 Å². The van der Waals surface area contributed by atoms with Crippen molar-refractivity contribution in [3.63, 3.8) is 0 Å². The smallest absolute Gasteiger partial charge is 0.304 e. The van der Waals surface area contributed by atoms with E-state index in [0.29, 0.717) is 31.8 Å². The average Bonchev–Trinajstić information content (AvgIpc) is 2.90. The highest BCUT2D eigenvalue weighted by Gasteiger charge is 2.32. The van der Waals surface area contributed by atoms with E-state index >= 15 is 0 Å². The van der Waals surface area contributed by atoms with Gasteiger partial charge in [-0.25, -0.2) is 9.97 Å². The van der Waals surface area contributed by atoms with Crippen molar-refractivity contribution in [2.24, 2.45) is 5.41 Å². The summed E-state index contributed by atoms with van der Waals surface area (Å²) in [6.07, 6.45) is 7.51. The number of hydrogen-bond acceptors (Lipinski definition) is 8. The molecule has 1 atom stereocenters. The van der Waals surface area contributed by atoms with Gasteiger partial charge in [-0.3, -0.25) is 4.79 Å². The summed E-state index contributed by atoms with van der Waals surface area (Å²) in [7, 11) is 0. The Bertz CT molecular complexity index is 1100. The number of nitrogens with one attached hydrogen (secondary N) is 3. The molecule has 2 aromatic rings. The van der Waals surface area contributed by atoms with Crippen LogP contribution < -0.4 is 16.0 Å². The second kappa shape index (κ2) is 12.3. The molecule has 0 bridgehead atoms. The van der Waals surface area contributed by atoms with E-state index in [-0.39, 0.29) is 12.5 Å². The van der Waals surface area contributed by atoms with E-state index in [2.05, 4.69) is 33.1 Å². The summed E-state index contributed by atoms with van der Waals surface area (Å²) >= 11 is 0. The topological polar surface area (TPSA) is 132 Å². The van der Waals surface area contributed by atoms with Gasteiger partial charge in [-0.2, -0.15) is 5.26 Å². The maximum atomic E-state index is 10.9. The van der Waals surface area contributed by atoms with Gasteiger partial charge in [0.1, 0.15) is 11.6 Å². The highest BCUT2D eigenvalue weighted by Crippen LogP contribution is 2.31. The highest BCUT2D eigenvalue weighted by molar-refractivity contribution is 5.68. The van der Waals surface area contributed by atoms with Crippen LogP contribution in [-0.4, -0.2) is 58.9 Å². The Morgan fingerprint density at radius 1 is 1.22 bits per heavy atom. The summed E-state index contributed by atoms with van der Waals surface area (Å²) in [6.45, 7) is 5.77. The van der Waals surface area contributed by atoms with E-state index in [4.69, 9.17) is 14.8 Å². The van der Waals surface area contributed by atoms with Gasteiger partial charge in [-0.05, 0) is 76.1 Å². The number of nitrogens with zero attached hydrogens (tertiary/aromatic N) is 3. The zero-order valence-corrected chi connectivity index (χ0v) is 21.8. The third-order valence-electron chi connectivity index (χ3n) is 7.50. The Morgan fingerprint density at radius 3 is 2.65 bits per heavy atom. The summed E-state index contributed by atoms with van der Waals surface area (Å²) in [6, 6.07) is 11.2. The van der Waals surface area contributed by atoms with Crippen molar-refractivity contribution in [3.8, 4) is 17.3 Å². The Hall–Kier alpha value is -3.22. The fourth-order valence-electron chi connectivity index (χ4n) is 5.25. The van der Waals surface area contributed by atoms with Crippen molar-refractivity contribution in [2.75, 3.05) is 30.4 Å². The number of aliphatic carboxylic acids is 1. The third-order valence-corrected chi connectivity index (χ3v) is 7.50. The van der Waals surface area contributed by atoms with Gasteiger partial charge in [0.25, 0.3) is 0 Å². The van der Waals surface area contributed by atoms with Crippen LogP contribution in [0.15, 0.2) is 30.5 Å². The number of rotatable bonds is 10. The summed E-state index contributed by atoms with van der Waals surface area (Å²) in [5.74, 6) is 0.826. The minimum atomic E-state index is -0.766. The SMILES string of the molecule is Cc1cnc(N[C@H]2CC[C@H](N[C@H](C)CC(=O)O)CC2)cc1-c1cccc(NCC2(C#N)CCOCC2)n1. The fraction of sp³-hybridized carbons (Fsp3) is 0.571. The molecule has 1 saturated carbocycles. The molecule has 0 amide bonds. The first-order chi connectivity index (χ1) is 17.9. The van der Waals surface area contributed by atoms with Crippen LogP contribution in [0.4, 0.5) is 11.6 Å². The van der Waals surface area contributed by atoms with E-state index in [1.54, 1.807) is 0 Å². The molecule has 0 spiro atoms. The monoisotopic (exact) mass is 506 g/mol. The summed E-state index contributed by atoms with van der Waals surface area (Å²) < 4.78 is 5.44. The molecule has 9 nitrogen and oxygen atoms in total. The molecule has 1 aliphatic carbocycles. The van der Waals surface area contributed by atoms with Crippen molar-refractivity contribution >= 4 is 17.6 Å². The van der Waals surface area contributed by atoms with Gasteiger partial charge in [0, 0.05) is 49.6 Å². The number of hydrogen-bond donors (Lipinski definition) is 4. The normalized spacial score (nSPS) is 22.0. The van der Waals surface area contributed by atoms with Gasteiger partial charge in [0.15, 0.2) is 0 Å². The molecule has 2 aromatic heterocycles.